The number of hydrogen-bond donors (Lipinski definition) is 2. The molecule has 0 unspecified atom stereocenters. The predicted molar refractivity (Wildman–Crippen MR) is 73.4 cm³/mol. The molecule has 0 aliphatic carbocycles. The number of nitriles is 1. The fourth-order valence-corrected chi connectivity index (χ4v) is 1.82. The first-order chi connectivity index (χ1) is 9.72. The monoisotopic (exact) mass is 271 g/mol. The molecule has 0 spiro atoms. The Morgan fingerprint density at radius 2 is 2.25 bits per heavy atom. The zero-order valence-corrected chi connectivity index (χ0v) is 10.7. The van der Waals surface area contributed by atoms with Crippen LogP contribution in [0.25, 0.3) is 10.9 Å². The van der Waals surface area contributed by atoms with Crippen LogP contribution >= 0.6 is 0 Å². The quantitative estimate of drug-likeness (QED) is 0.775. The number of benzene rings is 1. The van der Waals surface area contributed by atoms with Crippen molar-refractivity contribution < 1.29 is 14.6 Å². The molecule has 102 valence electrons. The lowest BCUT2D eigenvalue weighted by Gasteiger charge is -2.11. The predicted octanol–water partition coefficient (Wildman–Crippen LogP) is 1.62. The first kappa shape index (κ1) is 13.8. The number of hydrogen-bond acceptors (Lipinski definition) is 5. The number of nitrogens with one attached hydrogen (secondary N) is 1. The Kier molecular flexibility index (Phi) is 4.47. The average Bonchev–Trinajstić information content (AvgIpc) is 2.46. The van der Waals surface area contributed by atoms with Gasteiger partial charge in [-0.05, 0) is 6.07 Å². The second-order valence-electron chi connectivity index (χ2n) is 4.05. The van der Waals surface area contributed by atoms with E-state index in [0.29, 0.717) is 17.8 Å². The van der Waals surface area contributed by atoms with Crippen LogP contribution in [0.1, 0.15) is 5.56 Å². The van der Waals surface area contributed by atoms with Crippen molar-refractivity contribution in [2.45, 2.75) is 0 Å². The van der Waals surface area contributed by atoms with Crippen LogP contribution in [0.15, 0.2) is 30.5 Å². The van der Waals surface area contributed by atoms with Crippen molar-refractivity contribution in [1.82, 2.24) is 4.98 Å². The summed E-state index contributed by atoms with van der Waals surface area (Å²) >= 11 is 0. The van der Waals surface area contributed by atoms with Gasteiger partial charge in [-0.15, -0.1) is 0 Å². The summed E-state index contributed by atoms with van der Waals surface area (Å²) in [6, 6.07) is 9.58. The van der Waals surface area contributed by atoms with E-state index in [1.54, 1.807) is 0 Å². The maximum Gasteiger partial charge on any atom is 0.329 e. The van der Waals surface area contributed by atoms with Gasteiger partial charge in [-0.25, -0.2) is 4.79 Å². The lowest BCUT2D eigenvalue weighted by atomic mass is 10.1. The zero-order valence-electron chi connectivity index (χ0n) is 10.7. The average molecular weight is 271 g/mol. The number of fused-ring (bicyclic) bond motifs is 1. The second kappa shape index (κ2) is 6.50. The molecule has 6 heteroatoms. The van der Waals surface area contributed by atoms with Crippen molar-refractivity contribution in [2.75, 3.05) is 25.1 Å². The lowest BCUT2D eigenvalue weighted by Crippen LogP contribution is -2.14. The van der Waals surface area contributed by atoms with Gasteiger partial charge in [0.2, 0.25) is 0 Å². The Balaban J connectivity index is 2.12. The summed E-state index contributed by atoms with van der Waals surface area (Å²) in [5, 5.41) is 21.5. The number of aromatic nitrogens is 1. The van der Waals surface area contributed by atoms with E-state index in [-0.39, 0.29) is 13.2 Å². The van der Waals surface area contributed by atoms with E-state index in [4.69, 9.17) is 15.1 Å². The third-order valence-electron chi connectivity index (χ3n) is 2.67. The number of carboxylic acids is 1. The normalized spacial score (nSPS) is 10.2. The smallest absolute Gasteiger partial charge is 0.329 e. The van der Waals surface area contributed by atoms with Gasteiger partial charge in [0.05, 0.1) is 23.4 Å². The van der Waals surface area contributed by atoms with Crippen molar-refractivity contribution in [3.05, 3.63) is 36.0 Å². The number of pyridine rings is 1. The maximum absolute atomic E-state index is 10.3. The third-order valence-corrected chi connectivity index (χ3v) is 2.67. The van der Waals surface area contributed by atoms with Gasteiger partial charge in [-0.3, -0.25) is 4.98 Å². The first-order valence-electron chi connectivity index (χ1n) is 6.03. The number of nitrogens with zero attached hydrogens (tertiary/aromatic N) is 2. The van der Waals surface area contributed by atoms with E-state index in [1.807, 2.05) is 24.3 Å². The molecule has 2 aromatic rings. The highest BCUT2D eigenvalue weighted by Crippen LogP contribution is 2.24. The molecule has 20 heavy (non-hydrogen) atoms. The molecule has 0 atom stereocenters. The van der Waals surface area contributed by atoms with E-state index in [9.17, 15) is 4.79 Å². The fraction of sp³-hybridized carbons (Fsp3) is 0.214. The molecule has 0 saturated carbocycles. The molecule has 1 heterocycles. The van der Waals surface area contributed by atoms with E-state index in [2.05, 4.69) is 16.4 Å². The molecule has 2 rings (SSSR count). The summed E-state index contributed by atoms with van der Waals surface area (Å²) in [7, 11) is 0. The summed E-state index contributed by atoms with van der Waals surface area (Å²) in [6.07, 6.45) is 1.52. The molecule has 0 aliphatic rings. The number of carboxylic acid groups (broad SMARTS) is 1. The van der Waals surface area contributed by atoms with Gasteiger partial charge >= 0.3 is 5.97 Å². The molecule has 6 nitrogen and oxygen atoms in total. The molecule has 0 aliphatic heterocycles. The summed E-state index contributed by atoms with van der Waals surface area (Å²) in [5.74, 6) is -1.00. The van der Waals surface area contributed by atoms with E-state index in [0.717, 1.165) is 10.9 Å². The minimum atomic E-state index is -1.00. The van der Waals surface area contributed by atoms with Crippen LogP contribution in [-0.4, -0.2) is 35.8 Å². The lowest BCUT2D eigenvalue weighted by molar-refractivity contribution is -0.142. The summed E-state index contributed by atoms with van der Waals surface area (Å²) in [4.78, 5) is 14.5. The molecule has 0 amide bonds. The van der Waals surface area contributed by atoms with Crippen molar-refractivity contribution in [3.63, 3.8) is 0 Å². The molecule has 1 aromatic carbocycles. The Morgan fingerprint density at radius 1 is 1.45 bits per heavy atom. The molecular weight excluding hydrogens is 258 g/mol. The highest BCUT2D eigenvalue weighted by Gasteiger charge is 2.07. The highest BCUT2D eigenvalue weighted by molar-refractivity contribution is 5.93. The summed E-state index contributed by atoms with van der Waals surface area (Å²) in [6.45, 7) is 0.327. The van der Waals surface area contributed by atoms with E-state index >= 15 is 0 Å². The van der Waals surface area contributed by atoms with Gasteiger partial charge in [0.15, 0.2) is 0 Å². The van der Waals surface area contributed by atoms with Crippen LogP contribution in [0.5, 0.6) is 0 Å². The van der Waals surface area contributed by atoms with E-state index in [1.165, 1.54) is 6.20 Å². The standard InChI is InChI=1S/C14H13N3O3/c15-7-10-8-17-12-4-2-1-3-11(12)14(10)16-5-6-20-9-13(18)19/h1-4,8H,5-6,9H2,(H,16,17)(H,18,19). The Hall–Kier alpha value is -2.65. The Morgan fingerprint density at radius 3 is 3.00 bits per heavy atom. The number of para-hydroxylation sites is 1. The highest BCUT2D eigenvalue weighted by atomic mass is 16.5. The van der Waals surface area contributed by atoms with Crippen LogP contribution in [0, 0.1) is 11.3 Å². The number of rotatable bonds is 6. The van der Waals surface area contributed by atoms with Crippen molar-refractivity contribution >= 4 is 22.6 Å². The number of ether oxygens (including phenoxy) is 1. The van der Waals surface area contributed by atoms with Gasteiger partial charge in [-0.1, -0.05) is 18.2 Å². The molecule has 0 radical (unpaired) electrons. The number of carbonyl (C=O) groups is 1. The van der Waals surface area contributed by atoms with Gasteiger partial charge in [0, 0.05) is 18.1 Å². The van der Waals surface area contributed by atoms with Gasteiger partial charge in [0.1, 0.15) is 12.7 Å². The summed E-state index contributed by atoms with van der Waals surface area (Å²) in [5.41, 5.74) is 1.93. The Bertz CT molecular complexity index is 664. The van der Waals surface area contributed by atoms with Gasteiger partial charge < -0.3 is 15.2 Å². The van der Waals surface area contributed by atoms with Crippen LogP contribution in [-0.2, 0) is 9.53 Å². The van der Waals surface area contributed by atoms with Crippen LogP contribution in [0.2, 0.25) is 0 Å². The van der Waals surface area contributed by atoms with Crippen LogP contribution < -0.4 is 5.32 Å². The zero-order chi connectivity index (χ0) is 14.4. The largest absolute Gasteiger partial charge is 0.480 e. The second-order valence-corrected chi connectivity index (χ2v) is 4.05. The van der Waals surface area contributed by atoms with Crippen molar-refractivity contribution in [2.24, 2.45) is 0 Å². The molecule has 0 bridgehead atoms. The molecule has 0 saturated heterocycles. The molecule has 1 aromatic heterocycles. The van der Waals surface area contributed by atoms with Gasteiger partial charge in [0.25, 0.3) is 0 Å². The topological polar surface area (TPSA) is 95.2 Å². The Labute approximate surface area is 115 Å². The van der Waals surface area contributed by atoms with Crippen molar-refractivity contribution in [3.8, 4) is 6.07 Å². The van der Waals surface area contributed by atoms with Crippen LogP contribution in [0.3, 0.4) is 0 Å². The molecule has 2 N–H and O–H groups in total. The first-order valence-corrected chi connectivity index (χ1v) is 6.03. The maximum atomic E-state index is 10.3. The summed E-state index contributed by atoms with van der Waals surface area (Å²) < 4.78 is 4.94. The van der Waals surface area contributed by atoms with Crippen LogP contribution in [0.4, 0.5) is 5.69 Å². The van der Waals surface area contributed by atoms with E-state index < -0.39 is 5.97 Å². The fourth-order valence-electron chi connectivity index (χ4n) is 1.82. The van der Waals surface area contributed by atoms with Crippen molar-refractivity contribution in [1.29, 1.82) is 5.26 Å². The third kappa shape index (κ3) is 3.22. The van der Waals surface area contributed by atoms with Gasteiger partial charge in [-0.2, -0.15) is 5.26 Å². The number of aliphatic carboxylic acids is 1. The molecule has 0 fully saturated rings. The minimum Gasteiger partial charge on any atom is -0.480 e. The minimum absolute atomic E-state index is 0.244. The molecular formula is C14H13N3O3. The SMILES string of the molecule is N#Cc1cnc2ccccc2c1NCCOCC(=O)O. The number of anilines is 1.